The number of halogens is 2. The molecule has 1 aromatic rings. The van der Waals surface area contributed by atoms with Crippen LogP contribution in [-0.2, 0) is 15.0 Å². The van der Waals surface area contributed by atoms with Crippen LogP contribution in [0.2, 0.25) is 0 Å². The molecule has 1 aliphatic heterocycles. The summed E-state index contributed by atoms with van der Waals surface area (Å²) in [4.78, 5) is 26.3. The number of hydrogen-bond acceptors (Lipinski definition) is 2. The van der Waals surface area contributed by atoms with Gasteiger partial charge in [-0.3, -0.25) is 14.5 Å². The molecule has 2 aliphatic carbocycles. The maximum atomic E-state index is 13.6. The topological polar surface area (TPSA) is 37.4 Å². The number of likely N-dealkylation sites (N-methyl/N-ethyl adjacent to an activating group) is 1. The first-order chi connectivity index (χ1) is 9.97. The molecule has 4 atom stereocenters. The van der Waals surface area contributed by atoms with E-state index in [4.69, 9.17) is 0 Å². The summed E-state index contributed by atoms with van der Waals surface area (Å²) in [7, 11) is 1.46. The highest BCUT2D eigenvalue weighted by Crippen LogP contribution is 2.61. The van der Waals surface area contributed by atoms with E-state index in [1.807, 2.05) is 12.2 Å². The number of amides is 2. The van der Waals surface area contributed by atoms with E-state index in [0.717, 1.165) is 23.5 Å². The fourth-order valence-electron chi connectivity index (χ4n) is 4.41. The van der Waals surface area contributed by atoms with Gasteiger partial charge in [0.15, 0.2) is 11.6 Å². The third-order valence-electron chi connectivity index (χ3n) is 5.27. The number of rotatable bonds is 1. The van der Waals surface area contributed by atoms with Crippen molar-refractivity contribution in [3.05, 3.63) is 47.5 Å². The van der Waals surface area contributed by atoms with E-state index in [0.29, 0.717) is 5.56 Å². The van der Waals surface area contributed by atoms with Crippen LogP contribution in [0.25, 0.3) is 0 Å². The highest BCUT2D eigenvalue weighted by Gasteiger charge is 2.69. The van der Waals surface area contributed by atoms with E-state index in [1.165, 1.54) is 13.1 Å². The summed E-state index contributed by atoms with van der Waals surface area (Å²) >= 11 is 0. The Kier molecular flexibility index (Phi) is 2.28. The van der Waals surface area contributed by atoms with Crippen LogP contribution in [-0.4, -0.2) is 23.8 Å². The van der Waals surface area contributed by atoms with Gasteiger partial charge in [-0.25, -0.2) is 8.78 Å². The van der Waals surface area contributed by atoms with Gasteiger partial charge in [0.25, 0.3) is 0 Å². The number of fused-ring (bicyclic) bond motifs is 5. The van der Waals surface area contributed by atoms with Gasteiger partial charge in [0.05, 0.1) is 11.3 Å². The number of carbonyl (C=O) groups excluding carboxylic acids is 2. The van der Waals surface area contributed by atoms with Crippen LogP contribution in [0, 0.1) is 29.4 Å². The van der Waals surface area contributed by atoms with Crippen molar-refractivity contribution in [1.29, 1.82) is 0 Å². The molecule has 2 bridgehead atoms. The summed E-state index contributed by atoms with van der Waals surface area (Å²) in [5, 5.41) is 0. The molecule has 0 radical (unpaired) electrons. The number of nitrogens with zero attached hydrogens (tertiary/aromatic N) is 1. The molecule has 1 saturated carbocycles. The molecule has 3 nitrogen and oxygen atoms in total. The molecule has 21 heavy (non-hydrogen) atoms. The molecule has 1 aromatic carbocycles. The quantitative estimate of drug-likeness (QED) is 0.586. The van der Waals surface area contributed by atoms with Crippen molar-refractivity contribution in [3.8, 4) is 0 Å². The number of allylic oxidation sites excluding steroid dienone is 2. The number of likely N-dealkylation sites (tertiary alicyclic amines) is 1. The van der Waals surface area contributed by atoms with E-state index in [1.54, 1.807) is 0 Å². The average molecular weight is 289 g/mol. The predicted octanol–water partition coefficient (Wildman–Crippen LogP) is 2.02. The molecule has 5 heteroatoms. The third kappa shape index (κ3) is 1.27. The van der Waals surface area contributed by atoms with Crippen LogP contribution in [0.5, 0.6) is 0 Å². The molecule has 0 N–H and O–H groups in total. The molecule has 4 rings (SSSR count). The minimum atomic E-state index is -1.06. The van der Waals surface area contributed by atoms with Gasteiger partial charge in [-0.2, -0.15) is 0 Å². The lowest BCUT2D eigenvalue weighted by molar-refractivity contribution is -0.139. The Bertz CT molecular complexity index is 714. The molecule has 2 fully saturated rings. The minimum absolute atomic E-state index is 0.00418. The van der Waals surface area contributed by atoms with Crippen LogP contribution in [0.15, 0.2) is 30.4 Å². The normalized spacial score (nSPS) is 36.7. The summed E-state index contributed by atoms with van der Waals surface area (Å²) in [5.41, 5.74) is -0.647. The number of benzene rings is 1. The molecular formula is C16H13F2NO2. The van der Waals surface area contributed by atoms with E-state index in [9.17, 15) is 18.4 Å². The zero-order valence-corrected chi connectivity index (χ0v) is 11.3. The first-order valence-corrected chi connectivity index (χ1v) is 6.93. The van der Waals surface area contributed by atoms with Gasteiger partial charge in [-0.15, -0.1) is 0 Å². The largest absolute Gasteiger partial charge is 0.285 e. The SMILES string of the molecule is CN1C(=O)C2C3C=CC(C3)C2(c2ccc(F)c(F)c2)C1=O. The number of hydrogen-bond donors (Lipinski definition) is 0. The molecule has 4 unspecified atom stereocenters. The van der Waals surface area contributed by atoms with Crippen LogP contribution in [0.4, 0.5) is 8.78 Å². The predicted molar refractivity (Wildman–Crippen MR) is 70.0 cm³/mol. The number of carbonyl (C=O) groups is 2. The Balaban J connectivity index is 1.98. The van der Waals surface area contributed by atoms with E-state index >= 15 is 0 Å². The molecule has 1 heterocycles. The lowest BCUT2D eigenvalue weighted by Crippen LogP contribution is -2.43. The Hall–Kier alpha value is -2.04. The Morgan fingerprint density at radius 2 is 1.95 bits per heavy atom. The van der Waals surface area contributed by atoms with Crippen LogP contribution >= 0.6 is 0 Å². The second kappa shape index (κ2) is 3.78. The lowest BCUT2D eigenvalue weighted by atomic mass is 9.65. The van der Waals surface area contributed by atoms with Gasteiger partial charge in [0, 0.05) is 7.05 Å². The smallest absolute Gasteiger partial charge is 0.241 e. The molecule has 108 valence electrons. The Labute approximate surface area is 120 Å². The third-order valence-corrected chi connectivity index (χ3v) is 5.27. The van der Waals surface area contributed by atoms with Crippen molar-refractivity contribution in [2.24, 2.45) is 17.8 Å². The van der Waals surface area contributed by atoms with Crippen LogP contribution in [0.3, 0.4) is 0 Å². The highest BCUT2D eigenvalue weighted by molar-refractivity contribution is 6.11. The van der Waals surface area contributed by atoms with Gasteiger partial charge in [0.2, 0.25) is 11.8 Å². The van der Waals surface area contributed by atoms with Crippen molar-refractivity contribution in [1.82, 2.24) is 4.90 Å². The van der Waals surface area contributed by atoms with Crippen LogP contribution in [0.1, 0.15) is 12.0 Å². The van der Waals surface area contributed by atoms with Crippen molar-refractivity contribution in [2.45, 2.75) is 11.8 Å². The van der Waals surface area contributed by atoms with Gasteiger partial charge in [-0.1, -0.05) is 18.2 Å². The monoisotopic (exact) mass is 289 g/mol. The van der Waals surface area contributed by atoms with Gasteiger partial charge in [0.1, 0.15) is 0 Å². The summed E-state index contributed by atoms with van der Waals surface area (Å²) in [6.07, 6.45) is 4.62. The molecule has 3 aliphatic rings. The molecular weight excluding hydrogens is 276 g/mol. The van der Waals surface area contributed by atoms with E-state index < -0.39 is 23.0 Å². The number of imide groups is 1. The van der Waals surface area contributed by atoms with Crippen LogP contribution < -0.4 is 0 Å². The zero-order valence-electron chi connectivity index (χ0n) is 11.3. The van der Waals surface area contributed by atoms with Crippen molar-refractivity contribution in [3.63, 3.8) is 0 Å². The average Bonchev–Trinajstić information content (AvgIpc) is 3.11. The standard InChI is InChI=1S/C16H13F2NO2/c1-19-14(20)13-8-2-3-9(6-8)16(13,15(19)21)10-4-5-11(17)12(18)7-10/h2-5,7-9,13H,6H2,1H3. The van der Waals surface area contributed by atoms with Gasteiger partial charge < -0.3 is 0 Å². The summed E-state index contributed by atoms with van der Waals surface area (Å²) in [6.45, 7) is 0. The second-order valence-electron chi connectivity index (χ2n) is 6.07. The van der Waals surface area contributed by atoms with Crippen molar-refractivity contribution in [2.75, 3.05) is 7.05 Å². The molecule has 1 saturated heterocycles. The lowest BCUT2D eigenvalue weighted by Gasteiger charge is -2.33. The first kappa shape index (κ1) is 12.7. The van der Waals surface area contributed by atoms with Crippen molar-refractivity contribution < 1.29 is 18.4 Å². The maximum absolute atomic E-state index is 13.6. The summed E-state index contributed by atoms with van der Waals surface area (Å²) < 4.78 is 26.9. The van der Waals surface area contributed by atoms with E-state index in [2.05, 4.69) is 0 Å². The zero-order chi connectivity index (χ0) is 14.9. The minimum Gasteiger partial charge on any atom is -0.285 e. The van der Waals surface area contributed by atoms with E-state index in [-0.39, 0.29) is 23.7 Å². The Morgan fingerprint density at radius 3 is 2.67 bits per heavy atom. The molecule has 2 amide bonds. The summed E-state index contributed by atoms with van der Waals surface area (Å²) in [6, 6.07) is 3.54. The summed E-state index contributed by atoms with van der Waals surface area (Å²) in [5.74, 6) is -3.07. The maximum Gasteiger partial charge on any atom is 0.241 e. The molecule has 0 spiro atoms. The highest BCUT2D eigenvalue weighted by atomic mass is 19.2. The fourth-order valence-corrected chi connectivity index (χ4v) is 4.41. The van der Waals surface area contributed by atoms with Gasteiger partial charge >= 0.3 is 0 Å². The second-order valence-corrected chi connectivity index (χ2v) is 6.07. The first-order valence-electron chi connectivity index (χ1n) is 6.93. The van der Waals surface area contributed by atoms with Crippen molar-refractivity contribution >= 4 is 11.8 Å². The fraction of sp³-hybridized carbons (Fsp3) is 0.375. The van der Waals surface area contributed by atoms with Gasteiger partial charge in [-0.05, 0) is 36.0 Å². The molecule has 0 aromatic heterocycles. The Morgan fingerprint density at radius 1 is 1.19 bits per heavy atom.